The summed E-state index contributed by atoms with van der Waals surface area (Å²) in [6.07, 6.45) is 9.04. The number of nitrogen functional groups attached to an aromatic ring is 1. The number of nitrogens with one attached hydrogen (secondary N) is 2. The van der Waals surface area contributed by atoms with Crippen LogP contribution in [0, 0.1) is 5.41 Å². The van der Waals surface area contributed by atoms with Crippen molar-refractivity contribution in [3.63, 3.8) is 0 Å². The predicted octanol–water partition coefficient (Wildman–Crippen LogP) is 5.01. The minimum atomic E-state index is 0.440. The second-order valence-corrected chi connectivity index (χ2v) is 6.17. The van der Waals surface area contributed by atoms with Crippen molar-refractivity contribution in [2.75, 3.05) is 5.73 Å². The summed E-state index contributed by atoms with van der Waals surface area (Å²) in [7, 11) is 0. The first-order valence-electron chi connectivity index (χ1n) is 9.24. The van der Waals surface area contributed by atoms with Crippen LogP contribution < -0.4 is 11.1 Å². The van der Waals surface area contributed by atoms with Gasteiger partial charge < -0.3 is 16.5 Å². The summed E-state index contributed by atoms with van der Waals surface area (Å²) in [6.45, 7) is 9.45. The lowest BCUT2D eigenvalue weighted by Crippen LogP contribution is -2.20. The number of aryl methyl sites for hydroxylation is 1. The zero-order chi connectivity index (χ0) is 20.4. The first-order chi connectivity index (χ1) is 13.6. The van der Waals surface area contributed by atoms with E-state index in [0.29, 0.717) is 23.8 Å². The zero-order valence-corrected chi connectivity index (χ0v) is 16.3. The topological polar surface area (TPSA) is 86.6 Å². The van der Waals surface area contributed by atoms with Crippen molar-refractivity contribution < 1.29 is 0 Å². The molecule has 2 aromatic rings. The van der Waals surface area contributed by atoms with Gasteiger partial charge in [-0.3, -0.25) is 0 Å². The van der Waals surface area contributed by atoms with Gasteiger partial charge in [-0.1, -0.05) is 56.5 Å². The average molecular weight is 374 g/mol. The number of aliphatic imine (C=N–C) groups is 2. The van der Waals surface area contributed by atoms with Crippen LogP contribution in [-0.2, 0) is 6.42 Å². The van der Waals surface area contributed by atoms with Gasteiger partial charge in [0.2, 0.25) is 0 Å². The maximum Gasteiger partial charge on any atom is 0.131 e. The molecule has 0 saturated carbocycles. The summed E-state index contributed by atoms with van der Waals surface area (Å²) in [4.78, 5) is 8.47. The minimum absolute atomic E-state index is 0.440. The van der Waals surface area contributed by atoms with Crippen LogP contribution in [0.5, 0.6) is 0 Å². The Labute approximate surface area is 166 Å². The number of amidine groups is 1. The van der Waals surface area contributed by atoms with E-state index < -0.39 is 0 Å². The van der Waals surface area contributed by atoms with Gasteiger partial charge in [-0.15, -0.1) is 0 Å². The van der Waals surface area contributed by atoms with E-state index in [9.17, 15) is 0 Å². The van der Waals surface area contributed by atoms with Crippen molar-refractivity contribution in [3.05, 3.63) is 79.3 Å². The molecule has 0 saturated heterocycles. The first kappa shape index (κ1) is 20.8. The van der Waals surface area contributed by atoms with Crippen LogP contribution >= 0.6 is 0 Å². The van der Waals surface area contributed by atoms with Gasteiger partial charge in [0.15, 0.2) is 0 Å². The average Bonchev–Trinajstić information content (AvgIpc) is 2.71. The Balaban J connectivity index is 2.04. The van der Waals surface area contributed by atoms with Crippen molar-refractivity contribution in [2.24, 2.45) is 9.98 Å². The van der Waals surface area contributed by atoms with Crippen molar-refractivity contribution in [1.82, 2.24) is 5.32 Å². The fourth-order valence-corrected chi connectivity index (χ4v) is 2.81. The Kier molecular flexibility index (Phi) is 7.91. The SMILES string of the molecule is C=CN=C(/C=C/CCc1ccc(N)c2ccccc12)NC(=C)/N=C(\C=N)CC. The second kappa shape index (κ2) is 10.6. The van der Waals surface area contributed by atoms with Gasteiger partial charge in [0, 0.05) is 23.5 Å². The predicted molar refractivity (Wildman–Crippen MR) is 122 cm³/mol. The lowest BCUT2D eigenvalue weighted by molar-refractivity contribution is 1.01. The molecule has 144 valence electrons. The number of nitrogens with zero attached hydrogens (tertiary/aromatic N) is 2. The number of fused-ring (bicyclic) bond motifs is 1. The molecule has 0 atom stereocenters. The molecule has 0 unspecified atom stereocenters. The maximum atomic E-state index is 7.31. The van der Waals surface area contributed by atoms with Gasteiger partial charge in [-0.25, -0.2) is 9.98 Å². The summed E-state index contributed by atoms with van der Waals surface area (Å²) < 4.78 is 0. The molecular formula is C23H27N5. The van der Waals surface area contributed by atoms with Crippen molar-refractivity contribution in [3.8, 4) is 0 Å². The standard InChI is InChI=1S/C23H27N5/c1-4-19(16-24)27-17(3)28-23(26-5-2)13-9-6-10-18-14-15-22(25)21-12-8-7-11-20(18)21/h5,7-9,11-16,24H,2-4,6,10,25H2,1H3,(H,26,28)/b13-9+,24-16?,27-19-. The molecule has 0 aromatic heterocycles. The molecule has 5 nitrogen and oxygen atoms in total. The van der Waals surface area contributed by atoms with E-state index in [-0.39, 0.29) is 0 Å². The molecule has 28 heavy (non-hydrogen) atoms. The lowest BCUT2D eigenvalue weighted by Gasteiger charge is -2.08. The van der Waals surface area contributed by atoms with E-state index in [1.165, 1.54) is 23.4 Å². The van der Waals surface area contributed by atoms with Gasteiger partial charge in [0.05, 0.1) is 5.71 Å². The molecule has 5 heteroatoms. The third kappa shape index (κ3) is 5.77. The van der Waals surface area contributed by atoms with Crippen molar-refractivity contribution >= 4 is 34.2 Å². The Hall–Kier alpha value is -3.47. The van der Waals surface area contributed by atoms with E-state index in [2.05, 4.69) is 46.7 Å². The Morgan fingerprint density at radius 3 is 2.64 bits per heavy atom. The molecule has 0 heterocycles. The van der Waals surface area contributed by atoms with Crippen LogP contribution in [-0.4, -0.2) is 17.8 Å². The highest BCUT2D eigenvalue weighted by molar-refractivity contribution is 6.29. The maximum absolute atomic E-state index is 7.31. The summed E-state index contributed by atoms with van der Waals surface area (Å²) in [6, 6.07) is 12.2. The molecule has 0 fully saturated rings. The molecule has 4 N–H and O–H groups in total. The number of anilines is 1. The van der Waals surface area contributed by atoms with Gasteiger partial charge >= 0.3 is 0 Å². The highest BCUT2D eigenvalue weighted by atomic mass is 15.1. The lowest BCUT2D eigenvalue weighted by atomic mass is 9.99. The summed E-state index contributed by atoms with van der Waals surface area (Å²) >= 11 is 0. The van der Waals surface area contributed by atoms with E-state index in [4.69, 9.17) is 11.1 Å². The number of hydrogen-bond donors (Lipinski definition) is 3. The van der Waals surface area contributed by atoms with Gasteiger partial charge in [0.25, 0.3) is 0 Å². The third-order valence-corrected chi connectivity index (χ3v) is 4.21. The number of allylic oxidation sites excluding steroid dienone is 1. The smallest absolute Gasteiger partial charge is 0.131 e. The largest absolute Gasteiger partial charge is 0.398 e. The molecule has 0 aliphatic rings. The third-order valence-electron chi connectivity index (χ3n) is 4.21. The monoisotopic (exact) mass is 373 g/mol. The Bertz CT molecular complexity index is 951. The molecule has 0 spiro atoms. The zero-order valence-electron chi connectivity index (χ0n) is 16.3. The van der Waals surface area contributed by atoms with Crippen molar-refractivity contribution in [2.45, 2.75) is 26.2 Å². The highest BCUT2D eigenvalue weighted by Crippen LogP contribution is 2.25. The summed E-state index contributed by atoms with van der Waals surface area (Å²) in [5, 5.41) is 12.6. The molecule has 0 amide bonds. The van der Waals surface area contributed by atoms with Crippen LogP contribution in [0.15, 0.2) is 83.7 Å². The Morgan fingerprint density at radius 1 is 1.21 bits per heavy atom. The van der Waals surface area contributed by atoms with Crippen LogP contribution in [0.3, 0.4) is 0 Å². The molecule has 0 aliphatic carbocycles. The fraction of sp³-hybridized carbons (Fsp3) is 0.174. The fourth-order valence-electron chi connectivity index (χ4n) is 2.81. The molecule has 0 bridgehead atoms. The van der Waals surface area contributed by atoms with E-state index in [1.807, 2.05) is 37.3 Å². The summed E-state index contributed by atoms with van der Waals surface area (Å²) in [5.74, 6) is 1.04. The van der Waals surface area contributed by atoms with Crippen LogP contribution in [0.25, 0.3) is 10.8 Å². The number of benzene rings is 2. The minimum Gasteiger partial charge on any atom is -0.398 e. The van der Waals surface area contributed by atoms with Crippen molar-refractivity contribution in [1.29, 1.82) is 5.41 Å². The normalized spacial score (nSPS) is 12.3. The van der Waals surface area contributed by atoms with Crippen LogP contribution in [0.2, 0.25) is 0 Å². The van der Waals surface area contributed by atoms with Gasteiger partial charge in [-0.2, -0.15) is 0 Å². The number of nitrogens with two attached hydrogens (primary N) is 1. The molecule has 0 aliphatic heterocycles. The van der Waals surface area contributed by atoms with E-state index in [0.717, 1.165) is 23.9 Å². The van der Waals surface area contributed by atoms with E-state index in [1.54, 1.807) is 0 Å². The number of rotatable bonds is 9. The molecule has 0 radical (unpaired) electrons. The highest BCUT2D eigenvalue weighted by Gasteiger charge is 2.03. The second-order valence-electron chi connectivity index (χ2n) is 6.17. The number of hydrogen-bond acceptors (Lipinski definition) is 4. The molecular weight excluding hydrogens is 346 g/mol. The van der Waals surface area contributed by atoms with Crippen LogP contribution in [0.1, 0.15) is 25.3 Å². The van der Waals surface area contributed by atoms with Gasteiger partial charge in [-0.05, 0) is 42.4 Å². The molecule has 2 rings (SSSR count). The summed E-state index contributed by atoms with van der Waals surface area (Å²) in [5.41, 5.74) is 8.78. The Morgan fingerprint density at radius 2 is 1.96 bits per heavy atom. The first-order valence-corrected chi connectivity index (χ1v) is 9.24. The molecule has 2 aromatic carbocycles. The quantitative estimate of drug-likeness (QED) is 0.328. The van der Waals surface area contributed by atoms with Gasteiger partial charge in [0.1, 0.15) is 11.7 Å². The van der Waals surface area contributed by atoms with E-state index >= 15 is 0 Å². The van der Waals surface area contributed by atoms with Crippen LogP contribution in [0.4, 0.5) is 5.69 Å².